The summed E-state index contributed by atoms with van der Waals surface area (Å²) in [6.45, 7) is 6.59. The molecule has 0 aromatic carbocycles. The minimum Gasteiger partial charge on any atom is -0.475 e. The molecule has 1 aromatic rings. The number of hydrogen-bond acceptors (Lipinski definition) is 6. The van der Waals surface area contributed by atoms with Crippen molar-refractivity contribution < 1.29 is 32.6 Å². The SMILES string of the molecule is Cc1cc(C)nc(N2CC[C@@H]3[C@@H](CO[C@H]3CC(=O)N(C)C)C2)n1.O=C(O)C(F)(F)F. The first kappa shape index (κ1) is 23.8. The fraction of sp³-hybridized carbons (Fsp3) is 0.684. The van der Waals surface area contributed by atoms with E-state index in [-0.39, 0.29) is 12.0 Å². The van der Waals surface area contributed by atoms with Crippen molar-refractivity contribution in [1.29, 1.82) is 0 Å². The van der Waals surface area contributed by atoms with Crippen LogP contribution in [0, 0.1) is 25.7 Å². The first-order valence-corrected chi connectivity index (χ1v) is 9.57. The molecule has 2 fully saturated rings. The molecule has 3 rings (SSSR count). The lowest BCUT2D eigenvalue weighted by molar-refractivity contribution is -0.192. The van der Waals surface area contributed by atoms with Crippen molar-refractivity contribution in [3.8, 4) is 0 Å². The van der Waals surface area contributed by atoms with Gasteiger partial charge in [0.15, 0.2) is 0 Å². The van der Waals surface area contributed by atoms with E-state index in [2.05, 4.69) is 14.9 Å². The summed E-state index contributed by atoms with van der Waals surface area (Å²) in [6, 6.07) is 2.00. The number of carbonyl (C=O) groups is 2. The molecule has 1 N–H and O–H groups in total. The van der Waals surface area contributed by atoms with Crippen LogP contribution in [0.4, 0.5) is 19.1 Å². The largest absolute Gasteiger partial charge is 0.490 e. The fourth-order valence-corrected chi connectivity index (χ4v) is 3.68. The van der Waals surface area contributed by atoms with E-state index in [1.807, 2.05) is 19.9 Å². The third-order valence-corrected chi connectivity index (χ3v) is 5.17. The van der Waals surface area contributed by atoms with E-state index in [1.54, 1.807) is 19.0 Å². The molecule has 168 valence electrons. The molecule has 1 amide bonds. The van der Waals surface area contributed by atoms with Gasteiger partial charge >= 0.3 is 12.1 Å². The van der Waals surface area contributed by atoms with Crippen molar-refractivity contribution in [2.45, 2.75) is 39.0 Å². The fourth-order valence-electron chi connectivity index (χ4n) is 3.68. The smallest absolute Gasteiger partial charge is 0.475 e. The third kappa shape index (κ3) is 6.28. The number of carboxylic acid groups (broad SMARTS) is 1. The average Bonchev–Trinajstić information content (AvgIpc) is 3.02. The number of halogens is 3. The lowest BCUT2D eigenvalue weighted by Crippen LogP contribution is -2.43. The van der Waals surface area contributed by atoms with Gasteiger partial charge in [-0.05, 0) is 32.3 Å². The Balaban J connectivity index is 0.000000396. The van der Waals surface area contributed by atoms with E-state index >= 15 is 0 Å². The van der Waals surface area contributed by atoms with Crippen LogP contribution in [-0.2, 0) is 14.3 Å². The van der Waals surface area contributed by atoms with Gasteiger partial charge in [0.2, 0.25) is 11.9 Å². The lowest BCUT2D eigenvalue weighted by atomic mass is 9.83. The van der Waals surface area contributed by atoms with Crippen LogP contribution in [0.1, 0.15) is 24.2 Å². The Kier molecular flexibility index (Phi) is 7.62. The molecule has 3 heterocycles. The number of carbonyl (C=O) groups excluding carboxylic acids is 1. The second-order valence-corrected chi connectivity index (χ2v) is 7.78. The van der Waals surface area contributed by atoms with Crippen LogP contribution >= 0.6 is 0 Å². The van der Waals surface area contributed by atoms with Crippen LogP contribution in [0.15, 0.2) is 6.07 Å². The molecule has 8 nitrogen and oxygen atoms in total. The van der Waals surface area contributed by atoms with E-state index in [4.69, 9.17) is 14.6 Å². The van der Waals surface area contributed by atoms with E-state index in [9.17, 15) is 18.0 Å². The zero-order chi connectivity index (χ0) is 22.6. The predicted octanol–water partition coefficient (Wildman–Crippen LogP) is 2.05. The number of ether oxygens (including phenoxy) is 1. The number of piperidine rings is 1. The Morgan fingerprint density at radius 1 is 1.27 bits per heavy atom. The minimum absolute atomic E-state index is 0.0669. The molecule has 0 bridgehead atoms. The molecular formula is C19H27F3N4O4. The lowest BCUT2D eigenvalue weighted by Gasteiger charge is -2.35. The van der Waals surface area contributed by atoms with Gasteiger partial charge in [0, 0.05) is 44.5 Å². The van der Waals surface area contributed by atoms with Gasteiger partial charge in [-0.25, -0.2) is 14.8 Å². The van der Waals surface area contributed by atoms with Crippen LogP contribution in [0.3, 0.4) is 0 Å². The summed E-state index contributed by atoms with van der Waals surface area (Å²) in [5.74, 6) is -0.842. The number of alkyl halides is 3. The van der Waals surface area contributed by atoms with Crippen LogP contribution in [0.2, 0.25) is 0 Å². The molecule has 11 heteroatoms. The zero-order valence-corrected chi connectivity index (χ0v) is 17.4. The van der Waals surface area contributed by atoms with Gasteiger partial charge in [0.25, 0.3) is 0 Å². The predicted molar refractivity (Wildman–Crippen MR) is 102 cm³/mol. The number of nitrogens with zero attached hydrogens (tertiary/aromatic N) is 4. The number of carboxylic acids is 1. The van der Waals surface area contributed by atoms with Gasteiger partial charge in [0.05, 0.1) is 19.1 Å². The average molecular weight is 432 g/mol. The molecule has 2 aliphatic rings. The highest BCUT2D eigenvalue weighted by Gasteiger charge is 2.42. The maximum Gasteiger partial charge on any atom is 0.490 e. The Labute approximate surface area is 173 Å². The second-order valence-electron chi connectivity index (χ2n) is 7.78. The van der Waals surface area contributed by atoms with Crippen molar-refractivity contribution in [3.05, 3.63) is 17.5 Å². The molecule has 0 unspecified atom stereocenters. The van der Waals surface area contributed by atoms with E-state index in [1.165, 1.54) is 0 Å². The van der Waals surface area contributed by atoms with Crippen LogP contribution < -0.4 is 4.90 Å². The highest BCUT2D eigenvalue weighted by atomic mass is 19.4. The summed E-state index contributed by atoms with van der Waals surface area (Å²) in [7, 11) is 3.60. The van der Waals surface area contributed by atoms with Crippen molar-refractivity contribution in [3.63, 3.8) is 0 Å². The minimum atomic E-state index is -5.08. The number of aryl methyl sites for hydroxylation is 2. The first-order chi connectivity index (χ1) is 13.9. The molecule has 3 atom stereocenters. The van der Waals surface area contributed by atoms with Gasteiger partial charge in [-0.1, -0.05) is 0 Å². The van der Waals surface area contributed by atoms with Gasteiger partial charge in [-0.3, -0.25) is 4.79 Å². The summed E-state index contributed by atoms with van der Waals surface area (Å²) in [5, 5.41) is 7.12. The van der Waals surface area contributed by atoms with E-state index < -0.39 is 12.1 Å². The summed E-state index contributed by atoms with van der Waals surface area (Å²) >= 11 is 0. The number of aliphatic carboxylic acids is 1. The number of rotatable bonds is 3. The highest BCUT2D eigenvalue weighted by Crippen LogP contribution is 2.36. The molecule has 0 saturated carbocycles. The second kappa shape index (κ2) is 9.59. The van der Waals surface area contributed by atoms with Crippen LogP contribution in [-0.4, -0.2) is 77.9 Å². The normalized spacial score (nSPS) is 23.3. The number of hydrogen-bond donors (Lipinski definition) is 1. The highest BCUT2D eigenvalue weighted by molar-refractivity contribution is 5.76. The van der Waals surface area contributed by atoms with Crippen molar-refractivity contribution in [1.82, 2.24) is 14.9 Å². The monoisotopic (exact) mass is 432 g/mol. The molecule has 1 aromatic heterocycles. The van der Waals surface area contributed by atoms with Crippen molar-refractivity contribution in [2.75, 3.05) is 38.7 Å². The maximum atomic E-state index is 11.9. The van der Waals surface area contributed by atoms with Crippen molar-refractivity contribution in [2.24, 2.45) is 11.8 Å². The molecule has 2 saturated heterocycles. The van der Waals surface area contributed by atoms with Gasteiger partial charge in [-0.15, -0.1) is 0 Å². The molecule has 0 radical (unpaired) electrons. The standard InChI is InChI=1S/C17H26N4O2.C2HF3O2/c1-11-7-12(2)19-17(18-11)21-6-5-14-13(9-21)10-23-15(14)8-16(22)20(3)4;3-2(4,5)1(6)7/h7,13-15H,5-6,8-10H2,1-4H3;(H,6,7)/t13-,14-,15+;/m1./s1. The number of anilines is 1. The Bertz CT molecular complexity index is 752. The molecule has 2 aliphatic heterocycles. The Hall–Kier alpha value is -2.43. The number of amides is 1. The summed E-state index contributed by atoms with van der Waals surface area (Å²) in [6.07, 6.45) is -3.49. The quantitative estimate of drug-likeness (QED) is 0.781. The summed E-state index contributed by atoms with van der Waals surface area (Å²) in [4.78, 5) is 33.9. The summed E-state index contributed by atoms with van der Waals surface area (Å²) < 4.78 is 37.7. The first-order valence-electron chi connectivity index (χ1n) is 9.57. The maximum absolute atomic E-state index is 11.9. The third-order valence-electron chi connectivity index (χ3n) is 5.17. The van der Waals surface area contributed by atoms with E-state index in [0.717, 1.165) is 43.5 Å². The number of fused-ring (bicyclic) bond motifs is 1. The zero-order valence-electron chi connectivity index (χ0n) is 17.4. The summed E-state index contributed by atoms with van der Waals surface area (Å²) in [5.41, 5.74) is 2.01. The van der Waals surface area contributed by atoms with Crippen LogP contribution in [0.25, 0.3) is 0 Å². The van der Waals surface area contributed by atoms with Gasteiger partial charge < -0.3 is 19.6 Å². The molecule has 30 heavy (non-hydrogen) atoms. The van der Waals surface area contributed by atoms with E-state index in [0.29, 0.717) is 18.3 Å². The van der Waals surface area contributed by atoms with Crippen LogP contribution in [0.5, 0.6) is 0 Å². The Morgan fingerprint density at radius 3 is 2.33 bits per heavy atom. The van der Waals surface area contributed by atoms with Gasteiger partial charge in [0.1, 0.15) is 0 Å². The van der Waals surface area contributed by atoms with Crippen molar-refractivity contribution >= 4 is 17.8 Å². The Morgan fingerprint density at radius 2 is 1.83 bits per heavy atom. The van der Waals surface area contributed by atoms with Gasteiger partial charge in [-0.2, -0.15) is 13.2 Å². The number of aromatic nitrogens is 2. The topological polar surface area (TPSA) is 95.9 Å². The molecule has 0 aliphatic carbocycles. The molecular weight excluding hydrogens is 405 g/mol. The molecule has 0 spiro atoms.